The van der Waals surface area contributed by atoms with E-state index in [1.807, 2.05) is 7.05 Å². The monoisotopic (exact) mass is 494 g/mol. The number of phenolic OH excluding ortho intramolecular Hbond substituents is 1. The summed E-state index contributed by atoms with van der Waals surface area (Å²) in [5.41, 5.74) is -0.0422. The van der Waals surface area contributed by atoms with Crippen molar-refractivity contribution >= 4 is 5.82 Å². The molecule has 1 N–H and O–H groups in total. The summed E-state index contributed by atoms with van der Waals surface area (Å²) in [6, 6.07) is 7.43. The molecule has 2 aromatic heterocycles. The zero-order chi connectivity index (χ0) is 25.8. The van der Waals surface area contributed by atoms with Crippen LogP contribution in [0.5, 0.6) is 5.75 Å². The topological polar surface area (TPSA) is 71.2 Å². The fraction of sp³-hybridized carbons (Fsp3) is 0.464. The summed E-state index contributed by atoms with van der Waals surface area (Å²) in [6.07, 6.45) is 8.67. The maximum Gasteiger partial charge on any atom is 0.250 e. The van der Waals surface area contributed by atoms with E-state index >= 15 is 8.78 Å². The Balaban J connectivity index is 1.43. The van der Waals surface area contributed by atoms with Crippen molar-refractivity contribution in [3.05, 3.63) is 58.5 Å². The van der Waals surface area contributed by atoms with Crippen LogP contribution in [0.1, 0.15) is 52.4 Å². The SMILES string of the molecule is CN(c1ccc(-c2c(O)cc(-c3ccn(C)c(=O)c3)c(F)c2F)nn1)[C@H]1C[C@]2(C)CCC[C@](C)(C1)C2. The number of anilines is 1. The Hall–Kier alpha value is -3.29. The molecule has 0 unspecified atom stereocenters. The van der Waals surface area contributed by atoms with E-state index in [-0.39, 0.29) is 27.9 Å². The van der Waals surface area contributed by atoms with E-state index in [4.69, 9.17) is 0 Å². The lowest BCUT2D eigenvalue weighted by molar-refractivity contribution is 0.0141. The Morgan fingerprint density at radius 2 is 1.75 bits per heavy atom. The first-order valence-electron chi connectivity index (χ1n) is 12.4. The molecule has 3 atom stereocenters. The van der Waals surface area contributed by atoms with Crippen molar-refractivity contribution in [2.45, 2.75) is 58.4 Å². The molecule has 0 amide bonds. The summed E-state index contributed by atoms with van der Waals surface area (Å²) >= 11 is 0. The molecular weight excluding hydrogens is 462 g/mol. The summed E-state index contributed by atoms with van der Waals surface area (Å²) in [4.78, 5) is 14.1. The minimum absolute atomic E-state index is 0.0380. The third-order valence-corrected chi connectivity index (χ3v) is 8.29. The molecule has 2 bridgehead atoms. The van der Waals surface area contributed by atoms with E-state index in [0.717, 1.165) is 18.9 Å². The van der Waals surface area contributed by atoms with Crippen LogP contribution in [0.3, 0.4) is 0 Å². The smallest absolute Gasteiger partial charge is 0.250 e. The van der Waals surface area contributed by atoms with Crippen LogP contribution >= 0.6 is 0 Å². The molecule has 2 aliphatic carbocycles. The summed E-state index contributed by atoms with van der Waals surface area (Å²) in [5.74, 6) is -2.20. The Bertz CT molecular complexity index is 1360. The van der Waals surface area contributed by atoms with E-state index in [2.05, 4.69) is 28.9 Å². The number of rotatable bonds is 4. The first kappa shape index (κ1) is 24.4. The predicted molar refractivity (Wildman–Crippen MR) is 136 cm³/mol. The summed E-state index contributed by atoms with van der Waals surface area (Å²) < 4.78 is 31.5. The molecule has 0 spiro atoms. The van der Waals surface area contributed by atoms with Crippen LogP contribution in [0.15, 0.2) is 41.3 Å². The van der Waals surface area contributed by atoms with Crippen molar-refractivity contribution in [2.75, 3.05) is 11.9 Å². The molecule has 8 heteroatoms. The highest BCUT2D eigenvalue weighted by molar-refractivity contribution is 5.75. The number of fused-ring (bicyclic) bond motifs is 2. The van der Waals surface area contributed by atoms with Gasteiger partial charge in [0.05, 0.1) is 11.3 Å². The lowest BCUT2D eigenvalue weighted by atomic mass is 9.55. The predicted octanol–water partition coefficient (Wildman–Crippen LogP) is 5.68. The van der Waals surface area contributed by atoms with E-state index in [1.165, 1.54) is 48.6 Å². The molecule has 190 valence electrons. The average molecular weight is 495 g/mol. The summed E-state index contributed by atoms with van der Waals surface area (Å²) in [6.45, 7) is 4.77. The maximum atomic E-state index is 15.1. The zero-order valence-corrected chi connectivity index (χ0v) is 21.2. The van der Waals surface area contributed by atoms with Gasteiger partial charge in [0, 0.05) is 38.0 Å². The highest BCUT2D eigenvalue weighted by Crippen LogP contribution is 2.56. The molecule has 0 saturated heterocycles. The van der Waals surface area contributed by atoms with Crippen LogP contribution in [0.4, 0.5) is 14.6 Å². The molecule has 36 heavy (non-hydrogen) atoms. The van der Waals surface area contributed by atoms with E-state index < -0.39 is 17.4 Å². The van der Waals surface area contributed by atoms with Gasteiger partial charge in [-0.15, -0.1) is 10.2 Å². The number of nitrogens with zero attached hydrogens (tertiary/aromatic N) is 4. The minimum Gasteiger partial charge on any atom is -0.507 e. The van der Waals surface area contributed by atoms with Crippen LogP contribution < -0.4 is 10.5 Å². The maximum absolute atomic E-state index is 15.1. The molecule has 0 aliphatic heterocycles. The van der Waals surface area contributed by atoms with Crippen LogP contribution in [-0.2, 0) is 7.05 Å². The Kier molecular flexibility index (Phi) is 5.88. The van der Waals surface area contributed by atoms with Gasteiger partial charge in [0.1, 0.15) is 5.75 Å². The molecular formula is C28H32F2N4O2. The molecule has 3 aromatic rings. The largest absolute Gasteiger partial charge is 0.507 e. The highest BCUT2D eigenvalue weighted by atomic mass is 19.2. The van der Waals surface area contributed by atoms with Gasteiger partial charge in [0.2, 0.25) is 0 Å². The van der Waals surface area contributed by atoms with E-state index in [9.17, 15) is 9.90 Å². The Labute approximate surface area is 209 Å². The normalized spacial score (nSPS) is 25.6. The van der Waals surface area contributed by atoms with Crippen molar-refractivity contribution in [3.63, 3.8) is 0 Å². The van der Waals surface area contributed by atoms with Gasteiger partial charge in [-0.3, -0.25) is 4.79 Å². The van der Waals surface area contributed by atoms with Crippen LogP contribution in [0, 0.1) is 22.5 Å². The number of pyridine rings is 1. The fourth-order valence-corrected chi connectivity index (χ4v) is 6.60. The number of aromatic hydroxyl groups is 1. The molecule has 5 rings (SSSR count). The Morgan fingerprint density at radius 1 is 1.06 bits per heavy atom. The van der Waals surface area contributed by atoms with Crippen molar-refractivity contribution in [1.29, 1.82) is 0 Å². The second kappa shape index (κ2) is 8.68. The van der Waals surface area contributed by atoms with Gasteiger partial charge in [0.25, 0.3) is 5.56 Å². The first-order valence-corrected chi connectivity index (χ1v) is 12.4. The number of aromatic nitrogens is 3. The number of hydrogen-bond acceptors (Lipinski definition) is 5. The zero-order valence-electron chi connectivity index (χ0n) is 21.2. The summed E-state index contributed by atoms with van der Waals surface area (Å²) in [7, 11) is 3.57. The number of benzene rings is 1. The molecule has 1 aromatic carbocycles. The quantitative estimate of drug-likeness (QED) is 0.505. The third-order valence-electron chi connectivity index (χ3n) is 8.29. The van der Waals surface area contributed by atoms with Crippen LogP contribution in [0.2, 0.25) is 0 Å². The fourth-order valence-electron chi connectivity index (χ4n) is 6.60. The molecule has 6 nitrogen and oxygen atoms in total. The second-order valence-electron chi connectivity index (χ2n) is 11.4. The van der Waals surface area contributed by atoms with E-state index in [1.54, 1.807) is 19.2 Å². The molecule has 2 saturated carbocycles. The molecule has 2 aliphatic rings. The lowest BCUT2D eigenvalue weighted by Crippen LogP contribution is -2.49. The third kappa shape index (κ3) is 4.27. The Morgan fingerprint density at radius 3 is 2.36 bits per heavy atom. The highest BCUT2D eigenvalue weighted by Gasteiger charge is 2.47. The van der Waals surface area contributed by atoms with Crippen molar-refractivity contribution in [2.24, 2.45) is 17.9 Å². The molecule has 0 radical (unpaired) electrons. The van der Waals surface area contributed by atoms with Crippen molar-refractivity contribution in [1.82, 2.24) is 14.8 Å². The molecule has 2 heterocycles. The van der Waals surface area contributed by atoms with E-state index in [0.29, 0.717) is 22.7 Å². The van der Waals surface area contributed by atoms with Gasteiger partial charge in [-0.1, -0.05) is 20.3 Å². The number of hydrogen-bond donors (Lipinski definition) is 1. The average Bonchev–Trinajstić information content (AvgIpc) is 2.82. The number of halogens is 2. The van der Waals surface area contributed by atoms with Gasteiger partial charge in [-0.05, 0) is 72.8 Å². The first-order chi connectivity index (χ1) is 17.0. The number of phenols is 1. The van der Waals surface area contributed by atoms with Crippen molar-refractivity contribution < 1.29 is 13.9 Å². The van der Waals surface area contributed by atoms with Gasteiger partial charge in [-0.25, -0.2) is 8.78 Å². The van der Waals surface area contributed by atoms with Gasteiger partial charge < -0.3 is 14.6 Å². The standard InChI is InChI=1S/C28H32F2N4O2/c1-27-9-5-10-28(2,16-27)15-18(14-27)34(4)22-7-6-20(31-32-22)24-21(35)13-19(25(29)26(24)30)17-8-11-33(3)23(36)12-17/h6-8,11-13,18,35H,5,9-10,14-16H2,1-4H3/t18-,27-,28+. The van der Waals surface area contributed by atoms with Crippen molar-refractivity contribution in [3.8, 4) is 28.1 Å². The summed E-state index contributed by atoms with van der Waals surface area (Å²) in [5, 5.41) is 19.1. The van der Waals surface area contributed by atoms with Gasteiger partial charge >= 0.3 is 0 Å². The van der Waals surface area contributed by atoms with Crippen LogP contribution in [-0.4, -0.2) is 33.0 Å². The second-order valence-corrected chi connectivity index (χ2v) is 11.4. The molecule has 2 fully saturated rings. The van der Waals surface area contributed by atoms with Crippen LogP contribution in [0.25, 0.3) is 22.4 Å². The lowest BCUT2D eigenvalue weighted by Gasteiger charge is -2.54. The van der Waals surface area contributed by atoms with Gasteiger partial charge in [-0.2, -0.15) is 0 Å². The number of aryl methyl sites for hydroxylation is 1. The minimum atomic E-state index is -1.23. The van der Waals surface area contributed by atoms with Gasteiger partial charge in [0.15, 0.2) is 17.5 Å².